The van der Waals surface area contributed by atoms with Crippen LogP contribution in [0.25, 0.3) is 0 Å². The number of benzene rings is 2. The van der Waals surface area contributed by atoms with Gasteiger partial charge in [-0.1, -0.05) is 24.3 Å². The summed E-state index contributed by atoms with van der Waals surface area (Å²) in [5.41, 5.74) is 3.41. The van der Waals surface area contributed by atoms with Gasteiger partial charge < -0.3 is 29.7 Å². The molecule has 0 aliphatic rings. The number of aryl methyl sites for hydroxylation is 1. The molecule has 0 heterocycles. The molecule has 0 aliphatic carbocycles. The van der Waals surface area contributed by atoms with Gasteiger partial charge in [-0.3, -0.25) is 4.99 Å². The summed E-state index contributed by atoms with van der Waals surface area (Å²) in [7, 11) is 9.27. The minimum atomic E-state index is 0. The molecule has 2 rings (SSSR count). The van der Waals surface area contributed by atoms with Crippen molar-refractivity contribution in [3.8, 4) is 11.5 Å². The van der Waals surface area contributed by atoms with E-state index >= 15 is 0 Å². The van der Waals surface area contributed by atoms with Crippen LogP contribution in [0, 0.1) is 6.92 Å². The fraction of sp³-hybridized carbons (Fsp3) is 0.458. The fourth-order valence-corrected chi connectivity index (χ4v) is 3.22. The molecule has 32 heavy (non-hydrogen) atoms. The number of guanidine groups is 1. The molecule has 0 bridgehead atoms. The lowest BCUT2D eigenvalue weighted by Gasteiger charge is -2.26. The van der Waals surface area contributed by atoms with Crippen LogP contribution in [0.5, 0.6) is 11.5 Å². The normalized spacial score (nSPS) is 12.2. The van der Waals surface area contributed by atoms with Gasteiger partial charge in [0.05, 0.1) is 19.8 Å². The zero-order valence-corrected chi connectivity index (χ0v) is 22.3. The molecule has 0 saturated heterocycles. The minimum absolute atomic E-state index is 0. The third-order valence-electron chi connectivity index (χ3n) is 5.00. The number of nitrogens with one attached hydrogen (secondary N) is 2. The largest absolute Gasteiger partial charge is 0.497 e. The summed E-state index contributed by atoms with van der Waals surface area (Å²) in [6.07, 6.45) is 0. The minimum Gasteiger partial charge on any atom is -0.497 e. The van der Waals surface area contributed by atoms with Crippen LogP contribution in [0.4, 0.5) is 0 Å². The number of likely N-dealkylation sites (N-methyl/N-ethyl adjacent to an activating group) is 1. The molecule has 2 aromatic carbocycles. The molecule has 0 aromatic heterocycles. The van der Waals surface area contributed by atoms with E-state index in [1.54, 1.807) is 21.3 Å². The van der Waals surface area contributed by atoms with E-state index in [1.807, 2.05) is 18.2 Å². The molecule has 0 saturated carbocycles. The summed E-state index contributed by atoms with van der Waals surface area (Å²) >= 11 is 0. The van der Waals surface area contributed by atoms with Gasteiger partial charge in [-0.2, -0.15) is 0 Å². The van der Waals surface area contributed by atoms with Gasteiger partial charge in [0.2, 0.25) is 0 Å². The van der Waals surface area contributed by atoms with Gasteiger partial charge >= 0.3 is 0 Å². The zero-order chi connectivity index (χ0) is 22.6. The standard InChI is InChI=1S/C24H36N4O3.HI/c1-18-10-11-20(23(14-18)31-13-12-29-5)16-26-24(25-2)27-17-22(28(3)4)19-8-7-9-21(15-19)30-6;/h7-11,14-15,22H,12-13,16-17H2,1-6H3,(H2,25,26,27);1H. The van der Waals surface area contributed by atoms with Crippen LogP contribution in [-0.2, 0) is 11.3 Å². The summed E-state index contributed by atoms with van der Waals surface area (Å²) in [5.74, 6) is 2.45. The lowest BCUT2D eigenvalue weighted by molar-refractivity contribution is 0.145. The summed E-state index contributed by atoms with van der Waals surface area (Å²) in [6, 6.07) is 14.5. The number of ether oxygens (including phenoxy) is 3. The van der Waals surface area contributed by atoms with Gasteiger partial charge in [-0.05, 0) is 50.3 Å². The van der Waals surface area contributed by atoms with Gasteiger partial charge in [0.1, 0.15) is 18.1 Å². The van der Waals surface area contributed by atoms with Crippen LogP contribution in [0.15, 0.2) is 47.5 Å². The van der Waals surface area contributed by atoms with Crippen molar-refractivity contribution in [1.82, 2.24) is 15.5 Å². The van der Waals surface area contributed by atoms with E-state index in [0.29, 0.717) is 26.3 Å². The molecule has 0 spiro atoms. The highest BCUT2D eigenvalue weighted by Gasteiger charge is 2.15. The summed E-state index contributed by atoms with van der Waals surface area (Å²) < 4.78 is 16.4. The van der Waals surface area contributed by atoms with Gasteiger partial charge in [-0.25, -0.2) is 0 Å². The molecule has 2 N–H and O–H groups in total. The van der Waals surface area contributed by atoms with Crippen LogP contribution >= 0.6 is 24.0 Å². The topological polar surface area (TPSA) is 67.4 Å². The Morgan fingerprint density at radius 3 is 2.50 bits per heavy atom. The van der Waals surface area contributed by atoms with Crippen molar-refractivity contribution in [2.24, 2.45) is 4.99 Å². The van der Waals surface area contributed by atoms with Crippen LogP contribution in [0.2, 0.25) is 0 Å². The van der Waals surface area contributed by atoms with Crippen molar-refractivity contribution in [1.29, 1.82) is 0 Å². The quantitative estimate of drug-likeness (QED) is 0.191. The number of nitrogens with zero attached hydrogens (tertiary/aromatic N) is 2. The van der Waals surface area contributed by atoms with Crippen molar-refractivity contribution in [2.75, 3.05) is 55.1 Å². The first-order chi connectivity index (χ1) is 15.0. The van der Waals surface area contributed by atoms with E-state index in [4.69, 9.17) is 14.2 Å². The number of halogens is 1. The van der Waals surface area contributed by atoms with Gasteiger partial charge in [0.25, 0.3) is 0 Å². The lowest BCUT2D eigenvalue weighted by atomic mass is 10.1. The SMILES string of the molecule is CN=C(NCc1ccc(C)cc1OCCOC)NCC(c1cccc(OC)c1)N(C)C.I. The van der Waals surface area contributed by atoms with Crippen LogP contribution in [-0.4, -0.2) is 66.0 Å². The Bertz CT molecular complexity index is 846. The molecule has 1 atom stereocenters. The van der Waals surface area contributed by atoms with Gasteiger partial charge in [0, 0.05) is 32.8 Å². The second-order valence-electron chi connectivity index (χ2n) is 7.52. The Labute approximate surface area is 209 Å². The average molecular weight is 556 g/mol. The predicted octanol–water partition coefficient (Wildman–Crippen LogP) is 3.61. The second-order valence-corrected chi connectivity index (χ2v) is 7.52. The Hall–Kier alpha value is -2.04. The van der Waals surface area contributed by atoms with Crippen molar-refractivity contribution < 1.29 is 14.2 Å². The molecule has 8 heteroatoms. The molecular weight excluding hydrogens is 519 g/mol. The highest BCUT2D eigenvalue weighted by atomic mass is 127. The van der Waals surface area contributed by atoms with E-state index in [-0.39, 0.29) is 30.0 Å². The molecule has 7 nitrogen and oxygen atoms in total. The van der Waals surface area contributed by atoms with E-state index in [1.165, 1.54) is 5.56 Å². The lowest BCUT2D eigenvalue weighted by Crippen LogP contribution is -2.41. The number of aliphatic imine (C=N–C) groups is 1. The maximum absolute atomic E-state index is 5.89. The van der Waals surface area contributed by atoms with Crippen molar-refractivity contribution >= 4 is 29.9 Å². The van der Waals surface area contributed by atoms with Crippen LogP contribution < -0.4 is 20.1 Å². The van der Waals surface area contributed by atoms with Gasteiger partial charge in [0.15, 0.2) is 5.96 Å². The Kier molecular flexibility index (Phi) is 13.0. The van der Waals surface area contributed by atoms with Gasteiger partial charge in [-0.15, -0.1) is 24.0 Å². The zero-order valence-electron chi connectivity index (χ0n) is 20.0. The third-order valence-corrected chi connectivity index (χ3v) is 5.00. The van der Waals surface area contributed by atoms with Crippen LogP contribution in [0.1, 0.15) is 22.7 Å². The Balaban J connectivity index is 0.00000512. The second kappa shape index (κ2) is 14.9. The Morgan fingerprint density at radius 2 is 1.84 bits per heavy atom. The molecule has 0 radical (unpaired) electrons. The molecule has 178 valence electrons. The van der Waals surface area contributed by atoms with Crippen LogP contribution in [0.3, 0.4) is 0 Å². The molecular formula is C24H37IN4O3. The molecule has 0 fully saturated rings. The predicted molar refractivity (Wildman–Crippen MR) is 142 cm³/mol. The van der Waals surface area contributed by atoms with E-state index < -0.39 is 0 Å². The summed E-state index contributed by atoms with van der Waals surface area (Å²) in [6.45, 7) is 4.44. The molecule has 0 aliphatic heterocycles. The smallest absolute Gasteiger partial charge is 0.191 e. The monoisotopic (exact) mass is 556 g/mol. The first kappa shape index (κ1) is 28.0. The summed E-state index contributed by atoms with van der Waals surface area (Å²) in [5, 5.41) is 6.82. The maximum Gasteiger partial charge on any atom is 0.191 e. The number of rotatable bonds is 11. The first-order valence-corrected chi connectivity index (χ1v) is 10.4. The van der Waals surface area contributed by atoms with E-state index in [2.05, 4.69) is 65.8 Å². The molecule has 1 unspecified atom stereocenters. The van der Waals surface area contributed by atoms with Crippen molar-refractivity contribution in [3.05, 3.63) is 59.2 Å². The third kappa shape index (κ3) is 8.84. The highest BCUT2D eigenvalue weighted by molar-refractivity contribution is 14.0. The van der Waals surface area contributed by atoms with E-state index in [0.717, 1.165) is 28.6 Å². The Morgan fingerprint density at radius 1 is 1.06 bits per heavy atom. The number of methoxy groups -OCH3 is 2. The average Bonchev–Trinajstić information content (AvgIpc) is 2.77. The first-order valence-electron chi connectivity index (χ1n) is 10.4. The highest BCUT2D eigenvalue weighted by Crippen LogP contribution is 2.22. The maximum atomic E-state index is 5.89. The number of hydrogen-bond acceptors (Lipinski definition) is 5. The molecule has 0 amide bonds. The van der Waals surface area contributed by atoms with Crippen molar-refractivity contribution in [2.45, 2.75) is 19.5 Å². The summed E-state index contributed by atoms with van der Waals surface area (Å²) in [4.78, 5) is 6.55. The van der Waals surface area contributed by atoms with Crippen molar-refractivity contribution in [3.63, 3.8) is 0 Å². The van der Waals surface area contributed by atoms with E-state index in [9.17, 15) is 0 Å². The fourth-order valence-electron chi connectivity index (χ4n) is 3.22. The number of hydrogen-bond donors (Lipinski definition) is 2. The molecule has 2 aromatic rings.